The predicted octanol–water partition coefficient (Wildman–Crippen LogP) is 1.58. The summed E-state index contributed by atoms with van der Waals surface area (Å²) in [6, 6.07) is 12.7. The molecule has 104 valence electrons. The first-order chi connectivity index (χ1) is 9.72. The Morgan fingerprint density at radius 2 is 1.95 bits per heavy atom. The summed E-state index contributed by atoms with van der Waals surface area (Å²) in [4.78, 5) is 28.8. The summed E-state index contributed by atoms with van der Waals surface area (Å²) in [6.45, 7) is 2.52. The lowest BCUT2D eigenvalue weighted by Gasteiger charge is -2.08. The summed E-state index contributed by atoms with van der Waals surface area (Å²) < 4.78 is 1.50. The lowest BCUT2D eigenvalue weighted by molar-refractivity contribution is 0.0362. The van der Waals surface area contributed by atoms with E-state index in [4.69, 9.17) is 4.84 Å². The average molecular weight is 272 g/mol. The smallest absolute Gasteiger partial charge is 0.280 e. The van der Waals surface area contributed by atoms with E-state index in [0.717, 1.165) is 5.56 Å². The van der Waals surface area contributed by atoms with Crippen LogP contribution in [-0.4, -0.2) is 17.1 Å². The molecule has 5 heteroatoms. The van der Waals surface area contributed by atoms with Crippen molar-refractivity contribution in [1.82, 2.24) is 10.0 Å². The molecule has 0 bridgehead atoms. The minimum Gasteiger partial charge on any atom is -0.310 e. The highest BCUT2D eigenvalue weighted by molar-refractivity contribution is 5.92. The Bertz CT molecular complexity index is 635. The number of nitrogens with zero attached hydrogens (tertiary/aromatic N) is 1. The molecular formula is C15H16N2O3. The highest BCUT2D eigenvalue weighted by atomic mass is 16.6. The van der Waals surface area contributed by atoms with Crippen LogP contribution in [0.15, 0.2) is 53.5 Å². The van der Waals surface area contributed by atoms with E-state index in [1.54, 1.807) is 19.2 Å². The van der Waals surface area contributed by atoms with Gasteiger partial charge in [-0.2, -0.15) is 0 Å². The van der Waals surface area contributed by atoms with Crippen molar-refractivity contribution in [3.63, 3.8) is 0 Å². The third kappa shape index (κ3) is 3.33. The molecule has 0 atom stereocenters. The largest absolute Gasteiger partial charge is 0.310 e. The zero-order valence-electron chi connectivity index (χ0n) is 11.2. The number of carbonyl (C=O) groups is 1. The molecule has 1 aromatic carbocycles. The van der Waals surface area contributed by atoms with Crippen molar-refractivity contribution in [2.45, 2.75) is 13.5 Å². The van der Waals surface area contributed by atoms with E-state index < -0.39 is 5.91 Å². The SMILES string of the molecule is CCONC(=O)c1cccn(Cc2ccccc2)c1=O. The van der Waals surface area contributed by atoms with Crippen molar-refractivity contribution in [3.8, 4) is 0 Å². The Labute approximate surface area is 116 Å². The summed E-state index contributed by atoms with van der Waals surface area (Å²) in [5.41, 5.74) is 2.95. The van der Waals surface area contributed by atoms with Gasteiger partial charge in [-0.1, -0.05) is 30.3 Å². The van der Waals surface area contributed by atoms with Crippen molar-refractivity contribution >= 4 is 5.91 Å². The van der Waals surface area contributed by atoms with E-state index in [0.29, 0.717) is 13.2 Å². The molecule has 0 fully saturated rings. The Balaban J connectivity index is 2.24. The fourth-order valence-electron chi connectivity index (χ4n) is 1.81. The highest BCUT2D eigenvalue weighted by Gasteiger charge is 2.11. The van der Waals surface area contributed by atoms with Crippen molar-refractivity contribution in [2.24, 2.45) is 0 Å². The molecule has 1 amide bonds. The molecule has 1 aromatic heterocycles. The van der Waals surface area contributed by atoms with Gasteiger partial charge in [-0.15, -0.1) is 0 Å². The average Bonchev–Trinajstić information content (AvgIpc) is 2.48. The Morgan fingerprint density at radius 3 is 2.65 bits per heavy atom. The number of hydroxylamine groups is 1. The summed E-state index contributed by atoms with van der Waals surface area (Å²) >= 11 is 0. The van der Waals surface area contributed by atoms with Crippen LogP contribution in [0.3, 0.4) is 0 Å². The maximum Gasteiger partial charge on any atom is 0.280 e. The van der Waals surface area contributed by atoms with Gasteiger partial charge in [-0.3, -0.25) is 14.4 Å². The van der Waals surface area contributed by atoms with E-state index in [9.17, 15) is 9.59 Å². The maximum atomic E-state index is 12.2. The van der Waals surface area contributed by atoms with Gasteiger partial charge in [-0.25, -0.2) is 5.48 Å². The molecule has 2 rings (SSSR count). The number of benzene rings is 1. The Hall–Kier alpha value is -2.40. The molecule has 0 spiro atoms. The van der Waals surface area contributed by atoms with E-state index in [2.05, 4.69) is 5.48 Å². The quantitative estimate of drug-likeness (QED) is 0.841. The number of hydrogen-bond acceptors (Lipinski definition) is 3. The second-order valence-corrected chi connectivity index (χ2v) is 4.20. The number of hydrogen-bond donors (Lipinski definition) is 1. The van der Waals surface area contributed by atoms with Gasteiger partial charge >= 0.3 is 0 Å². The molecule has 0 unspecified atom stereocenters. The van der Waals surface area contributed by atoms with E-state index in [1.807, 2.05) is 30.3 Å². The maximum absolute atomic E-state index is 12.2. The molecule has 0 saturated carbocycles. The molecule has 0 saturated heterocycles. The zero-order valence-corrected chi connectivity index (χ0v) is 11.2. The van der Waals surface area contributed by atoms with Gasteiger partial charge < -0.3 is 4.57 Å². The van der Waals surface area contributed by atoms with Crippen molar-refractivity contribution < 1.29 is 9.63 Å². The molecule has 1 N–H and O–H groups in total. The molecule has 0 aliphatic carbocycles. The van der Waals surface area contributed by atoms with Gasteiger partial charge in [0.25, 0.3) is 11.5 Å². The van der Waals surface area contributed by atoms with Crippen LogP contribution in [0.1, 0.15) is 22.8 Å². The van der Waals surface area contributed by atoms with Crippen LogP contribution in [0, 0.1) is 0 Å². The van der Waals surface area contributed by atoms with Crippen LogP contribution < -0.4 is 11.0 Å². The van der Waals surface area contributed by atoms with Gasteiger partial charge in [0.2, 0.25) is 0 Å². The molecule has 0 aliphatic rings. The second kappa shape index (κ2) is 6.68. The third-order valence-electron chi connectivity index (χ3n) is 2.77. The second-order valence-electron chi connectivity index (χ2n) is 4.20. The van der Waals surface area contributed by atoms with Crippen molar-refractivity contribution in [1.29, 1.82) is 0 Å². The summed E-state index contributed by atoms with van der Waals surface area (Å²) in [5, 5.41) is 0. The topological polar surface area (TPSA) is 60.3 Å². The normalized spacial score (nSPS) is 10.2. The summed E-state index contributed by atoms with van der Waals surface area (Å²) in [5.74, 6) is -0.528. The molecular weight excluding hydrogens is 256 g/mol. The fraction of sp³-hybridized carbons (Fsp3) is 0.200. The zero-order chi connectivity index (χ0) is 14.4. The number of pyridine rings is 1. The fourth-order valence-corrected chi connectivity index (χ4v) is 1.81. The van der Waals surface area contributed by atoms with Gasteiger partial charge in [0.15, 0.2) is 0 Å². The molecule has 5 nitrogen and oxygen atoms in total. The molecule has 20 heavy (non-hydrogen) atoms. The van der Waals surface area contributed by atoms with Gasteiger partial charge in [0, 0.05) is 6.20 Å². The van der Waals surface area contributed by atoms with Gasteiger partial charge in [0.1, 0.15) is 5.56 Å². The summed E-state index contributed by atoms with van der Waals surface area (Å²) in [6.07, 6.45) is 1.66. The summed E-state index contributed by atoms with van der Waals surface area (Å²) in [7, 11) is 0. The standard InChI is InChI=1S/C15H16N2O3/c1-2-20-16-14(18)13-9-6-10-17(15(13)19)11-12-7-4-3-5-8-12/h3-10H,2,11H2,1H3,(H,16,18). The Kier molecular flexibility index (Phi) is 4.68. The highest BCUT2D eigenvalue weighted by Crippen LogP contribution is 2.01. The first kappa shape index (κ1) is 14.0. The van der Waals surface area contributed by atoms with E-state index in [-0.39, 0.29) is 11.1 Å². The lowest BCUT2D eigenvalue weighted by Crippen LogP contribution is -2.33. The monoisotopic (exact) mass is 272 g/mol. The van der Waals surface area contributed by atoms with Crippen molar-refractivity contribution in [3.05, 3.63) is 70.1 Å². The minimum atomic E-state index is -0.528. The molecule has 0 aliphatic heterocycles. The Morgan fingerprint density at radius 1 is 1.20 bits per heavy atom. The van der Waals surface area contributed by atoms with Gasteiger partial charge in [0.05, 0.1) is 13.2 Å². The number of amides is 1. The first-order valence-electron chi connectivity index (χ1n) is 6.38. The van der Waals surface area contributed by atoms with Crippen LogP contribution in [-0.2, 0) is 11.4 Å². The van der Waals surface area contributed by atoms with Crippen LogP contribution in [0.4, 0.5) is 0 Å². The van der Waals surface area contributed by atoms with Crippen LogP contribution in [0.5, 0.6) is 0 Å². The number of nitrogens with one attached hydrogen (secondary N) is 1. The molecule has 0 radical (unpaired) electrons. The van der Waals surface area contributed by atoms with Crippen LogP contribution in [0.25, 0.3) is 0 Å². The predicted molar refractivity (Wildman–Crippen MR) is 75.3 cm³/mol. The third-order valence-corrected chi connectivity index (χ3v) is 2.77. The van der Waals surface area contributed by atoms with E-state index >= 15 is 0 Å². The van der Waals surface area contributed by atoms with Crippen LogP contribution >= 0.6 is 0 Å². The number of aromatic nitrogens is 1. The number of rotatable bonds is 5. The molecule has 2 aromatic rings. The minimum absolute atomic E-state index is 0.0666. The van der Waals surface area contributed by atoms with Gasteiger partial charge in [-0.05, 0) is 24.6 Å². The number of carbonyl (C=O) groups excluding carboxylic acids is 1. The van der Waals surface area contributed by atoms with Crippen LogP contribution in [0.2, 0.25) is 0 Å². The van der Waals surface area contributed by atoms with E-state index in [1.165, 1.54) is 10.6 Å². The van der Waals surface area contributed by atoms with Crippen molar-refractivity contribution in [2.75, 3.05) is 6.61 Å². The first-order valence-corrected chi connectivity index (χ1v) is 6.38. The lowest BCUT2D eigenvalue weighted by atomic mass is 10.2. The molecule has 1 heterocycles.